The molecule has 0 heterocycles. The summed E-state index contributed by atoms with van der Waals surface area (Å²) >= 11 is 0. The molecule has 0 saturated heterocycles. The zero-order chi connectivity index (χ0) is 18.2. The monoisotopic (exact) mass is 347 g/mol. The number of aromatic hydroxyl groups is 2. The predicted octanol–water partition coefficient (Wildman–Crippen LogP) is 5.55. The summed E-state index contributed by atoms with van der Waals surface area (Å²) in [5, 5.41) is 19.5. The van der Waals surface area contributed by atoms with Crippen LogP contribution in [0.4, 0.5) is 5.69 Å². The van der Waals surface area contributed by atoms with Crippen LogP contribution in [0.25, 0.3) is 0 Å². The maximum Gasteiger partial charge on any atom is 0.121 e. The van der Waals surface area contributed by atoms with E-state index < -0.39 is 0 Å². The van der Waals surface area contributed by atoms with E-state index in [1.807, 2.05) is 6.92 Å². The van der Waals surface area contributed by atoms with Gasteiger partial charge in [0.25, 0.3) is 0 Å². The largest absolute Gasteiger partial charge is 0.508 e. The van der Waals surface area contributed by atoms with Crippen molar-refractivity contribution in [2.24, 2.45) is 5.92 Å². The third-order valence-electron chi connectivity index (χ3n) is 5.17. The first-order chi connectivity index (χ1) is 12.0. The van der Waals surface area contributed by atoms with E-state index in [2.05, 4.69) is 18.7 Å². The third kappa shape index (κ3) is 5.58. The average Bonchev–Trinajstić information content (AvgIpc) is 2.59. The topological polar surface area (TPSA) is 52.9 Å². The molecule has 0 atom stereocenters. The van der Waals surface area contributed by atoms with Crippen molar-refractivity contribution in [2.75, 3.05) is 18.1 Å². The second-order valence-electron chi connectivity index (χ2n) is 6.96. The van der Waals surface area contributed by atoms with Gasteiger partial charge in [0.1, 0.15) is 17.3 Å². The van der Waals surface area contributed by atoms with Gasteiger partial charge in [-0.2, -0.15) is 0 Å². The van der Waals surface area contributed by atoms with Crippen molar-refractivity contribution in [1.82, 2.24) is 0 Å². The zero-order valence-corrected chi connectivity index (χ0v) is 15.9. The molecular weight excluding hydrogens is 314 g/mol. The van der Waals surface area contributed by atoms with Crippen LogP contribution in [0.3, 0.4) is 0 Å². The van der Waals surface area contributed by atoms with Gasteiger partial charge in [-0.15, -0.1) is 0 Å². The highest BCUT2D eigenvalue weighted by Crippen LogP contribution is 2.31. The lowest BCUT2D eigenvalue weighted by molar-refractivity contribution is 0.168. The Morgan fingerprint density at radius 2 is 1.72 bits per heavy atom. The Labute approximate surface area is 152 Å². The van der Waals surface area contributed by atoms with Crippen molar-refractivity contribution >= 4 is 5.69 Å². The number of benzene rings is 1. The van der Waals surface area contributed by atoms with Crippen molar-refractivity contribution in [3.05, 3.63) is 29.7 Å². The highest BCUT2D eigenvalue weighted by molar-refractivity contribution is 5.58. The van der Waals surface area contributed by atoms with Gasteiger partial charge in [-0.05, 0) is 26.2 Å². The number of ether oxygens (including phenoxy) is 1. The van der Waals surface area contributed by atoms with Crippen LogP contribution in [0, 0.1) is 5.92 Å². The third-order valence-corrected chi connectivity index (χ3v) is 5.17. The second kappa shape index (κ2) is 9.59. The van der Waals surface area contributed by atoms with Gasteiger partial charge < -0.3 is 19.8 Å². The summed E-state index contributed by atoms with van der Waals surface area (Å²) in [5.41, 5.74) is 1.82. The van der Waals surface area contributed by atoms with Gasteiger partial charge in [0.05, 0.1) is 12.3 Å². The van der Waals surface area contributed by atoms with Crippen LogP contribution < -0.4 is 4.90 Å². The first-order valence-electron chi connectivity index (χ1n) is 9.68. The molecule has 0 radical (unpaired) electrons. The number of hydrogen-bond donors (Lipinski definition) is 2. The molecule has 1 saturated carbocycles. The molecule has 4 heteroatoms. The molecule has 0 bridgehead atoms. The van der Waals surface area contributed by atoms with Gasteiger partial charge in [-0.1, -0.05) is 39.0 Å². The Bertz CT molecular complexity index is 556. The number of phenolic OH excluding ortho intramolecular Hbond substituents is 2. The molecule has 1 aliphatic rings. The summed E-state index contributed by atoms with van der Waals surface area (Å²) in [6, 6.07) is 4.68. The van der Waals surface area contributed by atoms with Gasteiger partial charge in [0, 0.05) is 36.9 Å². The summed E-state index contributed by atoms with van der Waals surface area (Å²) < 4.78 is 6.13. The van der Waals surface area contributed by atoms with Crippen molar-refractivity contribution in [2.45, 2.75) is 65.7 Å². The minimum atomic E-state index is 0.0671. The summed E-state index contributed by atoms with van der Waals surface area (Å²) in [6.45, 7) is 7.72. The smallest absolute Gasteiger partial charge is 0.121 e. The van der Waals surface area contributed by atoms with Gasteiger partial charge in [0.15, 0.2) is 0 Å². The predicted molar refractivity (Wildman–Crippen MR) is 103 cm³/mol. The van der Waals surface area contributed by atoms with Crippen molar-refractivity contribution in [3.63, 3.8) is 0 Å². The first kappa shape index (κ1) is 19.5. The number of anilines is 1. The summed E-state index contributed by atoms with van der Waals surface area (Å²) in [4.78, 5) is 2.07. The van der Waals surface area contributed by atoms with Crippen LogP contribution in [0.5, 0.6) is 11.5 Å². The summed E-state index contributed by atoms with van der Waals surface area (Å²) in [6.07, 6.45) is 8.77. The van der Waals surface area contributed by atoms with E-state index in [9.17, 15) is 10.2 Å². The highest BCUT2D eigenvalue weighted by Gasteiger charge is 2.16. The fourth-order valence-electron chi connectivity index (χ4n) is 3.79. The molecule has 1 aromatic carbocycles. The molecular formula is C21H33NO3. The lowest BCUT2D eigenvalue weighted by Crippen LogP contribution is -2.22. The Hall–Kier alpha value is -1.84. The van der Waals surface area contributed by atoms with Crippen molar-refractivity contribution in [3.8, 4) is 11.5 Å². The van der Waals surface area contributed by atoms with Gasteiger partial charge in [0.2, 0.25) is 0 Å². The lowest BCUT2D eigenvalue weighted by Gasteiger charge is -2.27. The maximum absolute atomic E-state index is 9.77. The first-order valence-corrected chi connectivity index (χ1v) is 9.68. The molecule has 140 valence electrons. The Kier molecular flexibility index (Phi) is 7.48. The number of phenols is 2. The molecule has 1 fully saturated rings. The SMILES string of the molecule is CC/C(OCCC1CCCCC1)=C(\C)N(CC)c1cc(O)cc(O)c1. The van der Waals surface area contributed by atoms with Crippen LogP contribution in [0.15, 0.2) is 29.7 Å². The molecule has 4 nitrogen and oxygen atoms in total. The Morgan fingerprint density at radius 3 is 2.28 bits per heavy atom. The molecule has 0 amide bonds. The lowest BCUT2D eigenvalue weighted by atomic mass is 9.87. The van der Waals surface area contributed by atoms with Crippen LogP contribution in [-0.2, 0) is 4.74 Å². The molecule has 2 rings (SSSR count). The van der Waals surface area contributed by atoms with Crippen molar-refractivity contribution in [1.29, 1.82) is 0 Å². The minimum absolute atomic E-state index is 0.0671. The van der Waals surface area contributed by atoms with E-state index in [0.29, 0.717) is 0 Å². The van der Waals surface area contributed by atoms with Crippen molar-refractivity contribution < 1.29 is 14.9 Å². The molecule has 0 aromatic heterocycles. The highest BCUT2D eigenvalue weighted by atomic mass is 16.5. The maximum atomic E-state index is 9.77. The number of nitrogens with zero attached hydrogens (tertiary/aromatic N) is 1. The molecule has 1 aromatic rings. The second-order valence-corrected chi connectivity index (χ2v) is 6.96. The van der Waals surface area contributed by atoms with Crippen LogP contribution in [0.1, 0.15) is 65.7 Å². The van der Waals surface area contributed by atoms with E-state index in [4.69, 9.17) is 4.74 Å². The molecule has 0 spiro atoms. The molecule has 2 N–H and O–H groups in total. The minimum Gasteiger partial charge on any atom is -0.508 e. The van der Waals surface area contributed by atoms with E-state index in [0.717, 1.165) is 49.1 Å². The fourth-order valence-corrected chi connectivity index (χ4v) is 3.79. The summed E-state index contributed by atoms with van der Waals surface area (Å²) in [5.74, 6) is 1.94. The van der Waals surface area contributed by atoms with E-state index in [-0.39, 0.29) is 11.5 Å². The van der Waals surface area contributed by atoms with E-state index >= 15 is 0 Å². The van der Waals surface area contributed by atoms with Gasteiger partial charge in [-0.25, -0.2) is 0 Å². The number of hydrogen-bond acceptors (Lipinski definition) is 4. The summed E-state index contributed by atoms with van der Waals surface area (Å²) in [7, 11) is 0. The molecule has 0 unspecified atom stereocenters. The molecule has 25 heavy (non-hydrogen) atoms. The fraction of sp³-hybridized carbons (Fsp3) is 0.619. The Morgan fingerprint density at radius 1 is 1.08 bits per heavy atom. The quantitative estimate of drug-likeness (QED) is 0.605. The van der Waals surface area contributed by atoms with Gasteiger partial charge >= 0.3 is 0 Å². The van der Waals surface area contributed by atoms with E-state index in [1.54, 1.807) is 12.1 Å². The van der Waals surface area contributed by atoms with Crippen LogP contribution >= 0.6 is 0 Å². The van der Waals surface area contributed by atoms with Crippen LogP contribution in [-0.4, -0.2) is 23.4 Å². The average molecular weight is 347 g/mol. The number of rotatable bonds is 8. The van der Waals surface area contributed by atoms with E-state index in [1.165, 1.54) is 38.2 Å². The molecule has 1 aliphatic carbocycles. The molecule has 0 aliphatic heterocycles. The normalized spacial score (nSPS) is 16.4. The number of allylic oxidation sites excluding steroid dienone is 2. The standard InChI is InChI=1S/C21H33NO3/c1-4-21(25-12-11-17-9-7-6-8-10-17)16(3)22(5-2)18-13-19(23)15-20(24)14-18/h13-15,17,23-24H,4-12H2,1-3H3/b21-16-. The van der Waals surface area contributed by atoms with Gasteiger partial charge in [-0.3, -0.25) is 0 Å². The van der Waals surface area contributed by atoms with Crippen LogP contribution in [0.2, 0.25) is 0 Å². The Balaban J connectivity index is 2.05. The zero-order valence-electron chi connectivity index (χ0n) is 15.9.